The van der Waals surface area contributed by atoms with Gasteiger partial charge >= 0.3 is 0 Å². The molecule has 0 saturated heterocycles. The third-order valence-corrected chi connectivity index (χ3v) is 6.02. The fourth-order valence-corrected chi connectivity index (χ4v) is 4.34. The third kappa shape index (κ3) is 4.33. The van der Waals surface area contributed by atoms with Crippen LogP contribution >= 0.6 is 11.3 Å². The number of aromatic nitrogens is 2. The van der Waals surface area contributed by atoms with Gasteiger partial charge in [-0.2, -0.15) is 0 Å². The molecule has 1 N–H and O–H groups in total. The number of nitro benzene ring substituents is 1. The minimum absolute atomic E-state index is 0.0724. The lowest BCUT2D eigenvalue weighted by Crippen LogP contribution is -2.31. The van der Waals surface area contributed by atoms with Crippen LogP contribution in [-0.2, 0) is 4.79 Å². The number of rotatable bonds is 7. The first-order valence-corrected chi connectivity index (χ1v) is 11.0. The number of non-ortho nitro benzene ring substituents is 1. The van der Waals surface area contributed by atoms with Crippen molar-refractivity contribution in [3.8, 4) is 16.9 Å². The van der Waals surface area contributed by atoms with Gasteiger partial charge in [-0.15, -0.1) is 11.3 Å². The van der Waals surface area contributed by atoms with Gasteiger partial charge in [0.05, 0.1) is 28.9 Å². The molecule has 4 aromatic rings. The number of amides is 1. The Kier molecular flexibility index (Phi) is 6.18. The summed E-state index contributed by atoms with van der Waals surface area (Å²) in [5.41, 5.74) is 1.11. The molecule has 0 aliphatic rings. The first-order valence-electron chi connectivity index (χ1n) is 10.2. The summed E-state index contributed by atoms with van der Waals surface area (Å²) in [6.45, 7) is 3.90. The van der Waals surface area contributed by atoms with Crippen LogP contribution in [0.25, 0.3) is 21.3 Å². The Labute approximate surface area is 192 Å². The van der Waals surface area contributed by atoms with Gasteiger partial charge in [0.25, 0.3) is 11.2 Å². The molecule has 2 aromatic carbocycles. The molecule has 1 unspecified atom stereocenters. The highest BCUT2D eigenvalue weighted by molar-refractivity contribution is 7.17. The van der Waals surface area contributed by atoms with Crippen LogP contribution in [0.3, 0.4) is 0 Å². The number of hydrogen-bond donors (Lipinski definition) is 1. The maximum atomic E-state index is 13.4. The summed E-state index contributed by atoms with van der Waals surface area (Å²) >= 11 is 1.26. The molecule has 33 heavy (non-hydrogen) atoms. The van der Waals surface area contributed by atoms with Crippen LogP contribution in [0.2, 0.25) is 0 Å². The number of fused-ring (bicyclic) bond motifs is 1. The summed E-state index contributed by atoms with van der Waals surface area (Å²) in [5.74, 6) is 0.129. The van der Waals surface area contributed by atoms with Crippen molar-refractivity contribution in [2.24, 2.45) is 0 Å². The van der Waals surface area contributed by atoms with E-state index in [4.69, 9.17) is 4.74 Å². The van der Waals surface area contributed by atoms with E-state index in [1.807, 2.05) is 6.92 Å². The smallest absolute Gasteiger partial charge is 0.270 e. The average Bonchev–Trinajstić information content (AvgIpc) is 3.25. The van der Waals surface area contributed by atoms with Crippen molar-refractivity contribution >= 4 is 38.8 Å². The molecule has 0 fully saturated rings. The summed E-state index contributed by atoms with van der Waals surface area (Å²) in [6, 6.07) is 12.3. The Hall–Kier alpha value is -4.05. The number of benzene rings is 2. The highest BCUT2D eigenvalue weighted by Gasteiger charge is 2.22. The van der Waals surface area contributed by atoms with Crippen molar-refractivity contribution in [1.82, 2.24) is 9.55 Å². The fourth-order valence-electron chi connectivity index (χ4n) is 3.44. The van der Waals surface area contributed by atoms with E-state index in [0.717, 1.165) is 0 Å². The molecule has 0 radical (unpaired) electrons. The Morgan fingerprint density at radius 2 is 2.06 bits per heavy atom. The van der Waals surface area contributed by atoms with E-state index in [9.17, 15) is 19.7 Å². The number of carbonyl (C=O) groups is 1. The summed E-state index contributed by atoms with van der Waals surface area (Å²) in [7, 11) is 0. The molecule has 4 rings (SSSR count). The zero-order valence-corrected chi connectivity index (χ0v) is 18.7. The van der Waals surface area contributed by atoms with Crippen LogP contribution in [-0.4, -0.2) is 27.0 Å². The van der Waals surface area contributed by atoms with Gasteiger partial charge in [-0.25, -0.2) is 4.98 Å². The van der Waals surface area contributed by atoms with Crippen molar-refractivity contribution in [3.05, 3.63) is 80.7 Å². The van der Waals surface area contributed by atoms with Gasteiger partial charge in [-0.3, -0.25) is 24.3 Å². The molecule has 1 atom stereocenters. The molecule has 0 bridgehead atoms. The van der Waals surface area contributed by atoms with E-state index in [2.05, 4.69) is 10.3 Å². The zero-order chi connectivity index (χ0) is 23.5. The number of nitro groups is 1. The van der Waals surface area contributed by atoms with E-state index in [1.165, 1.54) is 34.4 Å². The van der Waals surface area contributed by atoms with Crippen molar-refractivity contribution in [2.45, 2.75) is 19.9 Å². The topological polar surface area (TPSA) is 116 Å². The molecular formula is C23H20N4O5S. The molecule has 10 heteroatoms. The van der Waals surface area contributed by atoms with E-state index >= 15 is 0 Å². The van der Waals surface area contributed by atoms with Gasteiger partial charge < -0.3 is 10.1 Å². The van der Waals surface area contributed by atoms with Crippen molar-refractivity contribution in [1.29, 1.82) is 0 Å². The molecule has 2 heterocycles. The van der Waals surface area contributed by atoms with E-state index < -0.39 is 22.4 Å². The van der Waals surface area contributed by atoms with Gasteiger partial charge in [0.2, 0.25) is 5.91 Å². The van der Waals surface area contributed by atoms with Crippen LogP contribution in [0.5, 0.6) is 5.75 Å². The minimum atomic E-state index is -0.859. The Morgan fingerprint density at radius 1 is 1.27 bits per heavy atom. The number of hydrogen-bond acceptors (Lipinski definition) is 7. The largest absolute Gasteiger partial charge is 0.492 e. The number of nitrogens with one attached hydrogen (secondary N) is 1. The van der Waals surface area contributed by atoms with Crippen LogP contribution in [0, 0.1) is 10.1 Å². The summed E-state index contributed by atoms with van der Waals surface area (Å²) in [6.07, 6.45) is 1.34. The van der Waals surface area contributed by atoms with Crippen molar-refractivity contribution in [2.75, 3.05) is 11.9 Å². The van der Waals surface area contributed by atoms with Gasteiger partial charge in [-0.1, -0.05) is 24.3 Å². The predicted molar refractivity (Wildman–Crippen MR) is 127 cm³/mol. The SMILES string of the molecule is CCOc1ccccc1NC(=O)C(C)n1cnc2scc(-c3cccc([N+](=O)[O-])c3)c2c1=O. The second-order valence-electron chi connectivity index (χ2n) is 7.19. The van der Waals surface area contributed by atoms with E-state index in [-0.39, 0.29) is 5.69 Å². The van der Waals surface area contributed by atoms with Gasteiger partial charge in [0.1, 0.15) is 16.6 Å². The maximum absolute atomic E-state index is 13.4. The molecule has 0 saturated carbocycles. The summed E-state index contributed by atoms with van der Waals surface area (Å²) < 4.78 is 6.80. The quantitative estimate of drug-likeness (QED) is 0.315. The van der Waals surface area contributed by atoms with E-state index in [1.54, 1.807) is 48.7 Å². The second-order valence-corrected chi connectivity index (χ2v) is 8.05. The lowest BCUT2D eigenvalue weighted by Gasteiger charge is -2.17. The summed E-state index contributed by atoms with van der Waals surface area (Å²) in [4.78, 5) is 41.8. The first-order chi connectivity index (χ1) is 15.9. The second kappa shape index (κ2) is 9.21. The number of nitrogens with zero attached hydrogens (tertiary/aromatic N) is 3. The average molecular weight is 465 g/mol. The van der Waals surface area contributed by atoms with E-state index in [0.29, 0.717) is 39.4 Å². The number of para-hydroxylation sites is 2. The van der Waals surface area contributed by atoms with Gasteiger partial charge in [0, 0.05) is 23.1 Å². The monoisotopic (exact) mass is 464 g/mol. The Morgan fingerprint density at radius 3 is 2.82 bits per heavy atom. The number of ether oxygens (including phenoxy) is 1. The number of carbonyl (C=O) groups excluding carboxylic acids is 1. The molecule has 1 amide bonds. The highest BCUT2D eigenvalue weighted by atomic mass is 32.1. The van der Waals surface area contributed by atoms with Crippen LogP contribution in [0.4, 0.5) is 11.4 Å². The molecular weight excluding hydrogens is 444 g/mol. The third-order valence-electron chi connectivity index (χ3n) is 5.13. The molecule has 2 aromatic heterocycles. The Balaban J connectivity index is 1.71. The highest BCUT2D eigenvalue weighted by Crippen LogP contribution is 2.32. The Bertz CT molecular complexity index is 1410. The van der Waals surface area contributed by atoms with Crippen LogP contribution < -0.4 is 15.6 Å². The van der Waals surface area contributed by atoms with Crippen molar-refractivity contribution in [3.63, 3.8) is 0 Å². The minimum Gasteiger partial charge on any atom is -0.492 e. The lowest BCUT2D eigenvalue weighted by atomic mass is 10.1. The molecule has 0 spiro atoms. The van der Waals surface area contributed by atoms with Crippen LogP contribution in [0.15, 0.2) is 65.0 Å². The maximum Gasteiger partial charge on any atom is 0.270 e. The lowest BCUT2D eigenvalue weighted by molar-refractivity contribution is -0.384. The standard InChI is InChI=1S/C23H20N4O5S/c1-3-32-19-10-5-4-9-18(19)25-21(28)14(2)26-13-24-22-20(23(26)29)17(12-33-22)15-7-6-8-16(11-15)27(30)31/h4-14H,3H2,1-2H3,(H,25,28). The molecule has 0 aliphatic heterocycles. The number of anilines is 1. The summed E-state index contributed by atoms with van der Waals surface area (Å²) in [5, 5.41) is 16.0. The van der Waals surface area contributed by atoms with Crippen LogP contribution in [0.1, 0.15) is 19.9 Å². The molecule has 168 valence electrons. The van der Waals surface area contributed by atoms with Gasteiger partial charge in [0.15, 0.2) is 0 Å². The molecule has 0 aliphatic carbocycles. The fraction of sp³-hybridized carbons (Fsp3) is 0.174. The van der Waals surface area contributed by atoms with Crippen molar-refractivity contribution < 1.29 is 14.5 Å². The number of thiophene rings is 1. The molecule has 9 nitrogen and oxygen atoms in total. The normalized spacial score (nSPS) is 11.8. The van der Waals surface area contributed by atoms with Gasteiger partial charge in [-0.05, 0) is 31.5 Å². The first kappa shape index (κ1) is 22.2. The zero-order valence-electron chi connectivity index (χ0n) is 17.8. The predicted octanol–water partition coefficient (Wildman–Crippen LogP) is 4.63.